The first-order valence-electron chi connectivity index (χ1n) is 6.71. The zero-order valence-corrected chi connectivity index (χ0v) is 12.5. The zero-order chi connectivity index (χ0) is 15.1. The summed E-state index contributed by atoms with van der Waals surface area (Å²) in [4.78, 5) is 4.91. The summed E-state index contributed by atoms with van der Waals surface area (Å²) in [5, 5.41) is 6.28. The number of nitrogens with zero attached hydrogens (tertiary/aromatic N) is 1. The van der Waals surface area contributed by atoms with Gasteiger partial charge >= 0.3 is 0 Å². The van der Waals surface area contributed by atoms with Crippen molar-refractivity contribution in [2.24, 2.45) is 0 Å². The van der Waals surface area contributed by atoms with Crippen molar-refractivity contribution in [1.82, 2.24) is 4.98 Å². The second-order valence-corrected chi connectivity index (χ2v) is 5.37. The van der Waals surface area contributed by atoms with Gasteiger partial charge in [-0.15, -0.1) is 0 Å². The minimum atomic E-state index is -2.45. The van der Waals surface area contributed by atoms with Gasteiger partial charge in [-0.05, 0) is 30.7 Å². The number of thioether (sulfide) groups is 1. The van der Waals surface area contributed by atoms with Crippen molar-refractivity contribution in [3.05, 3.63) is 42.5 Å². The molecule has 0 saturated heterocycles. The van der Waals surface area contributed by atoms with Crippen LogP contribution in [0.4, 0.5) is 26.1 Å². The van der Waals surface area contributed by atoms with E-state index in [1.54, 1.807) is 30.3 Å². The molecule has 1 aromatic carbocycles. The number of pyridine rings is 1. The van der Waals surface area contributed by atoms with Crippen LogP contribution in [0.3, 0.4) is 0 Å². The Hall–Kier alpha value is -1.82. The number of aromatic nitrogens is 1. The Balaban J connectivity index is 2.14. The van der Waals surface area contributed by atoms with E-state index < -0.39 is 5.76 Å². The summed E-state index contributed by atoms with van der Waals surface area (Å²) in [5.41, 5.74) is 0.628. The lowest BCUT2D eigenvalue weighted by Gasteiger charge is -2.12. The SMILES string of the molecule is CCCNc1cccc(Nc2ccccc2SC(F)F)n1. The molecule has 0 saturated carbocycles. The summed E-state index contributed by atoms with van der Waals surface area (Å²) >= 11 is 0.523. The molecule has 0 atom stereocenters. The van der Waals surface area contributed by atoms with E-state index in [0.29, 0.717) is 28.2 Å². The lowest BCUT2D eigenvalue weighted by atomic mass is 10.3. The molecule has 0 radical (unpaired) electrons. The van der Waals surface area contributed by atoms with Crippen LogP contribution in [0.2, 0.25) is 0 Å². The molecule has 2 rings (SSSR count). The Bertz CT molecular complexity index is 578. The third-order valence-electron chi connectivity index (χ3n) is 2.67. The highest BCUT2D eigenvalue weighted by molar-refractivity contribution is 7.99. The predicted octanol–water partition coefficient (Wildman–Crippen LogP) is 4.96. The molecule has 2 N–H and O–H groups in total. The van der Waals surface area contributed by atoms with E-state index in [1.807, 2.05) is 12.1 Å². The smallest absolute Gasteiger partial charge is 0.288 e. The fraction of sp³-hybridized carbons (Fsp3) is 0.267. The van der Waals surface area contributed by atoms with Crippen LogP contribution >= 0.6 is 11.8 Å². The van der Waals surface area contributed by atoms with Gasteiger partial charge in [0.2, 0.25) is 0 Å². The first-order valence-corrected chi connectivity index (χ1v) is 7.59. The Morgan fingerprint density at radius 2 is 1.86 bits per heavy atom. The average Bonchev–Trinajstić information content (AvgIpc) is 2.47. The van der Waals surface area contributed by atoms with Gasteiger partial charge in [-0.2, -0.15) is 8.78 Å². The van der Waals surface area contributed by atoms with Gasteiger partial charge in [0.1, 0.15) is 11.6 Å². The van der Waals surface area contributed by atoms with Crippen LogP contribution in [-0.4, -0.2) is 17.3 Å². The summed E-state index contributed by atoms with van der Waals surface area (Å²) in [5.74, 6) is -1.06. The molecule has 0 fully saturated rings. The Morgan fingerprint density at radius 1 is 1.10 bits per heavy atom. The standard InChI is InChI=1S/C15H17F2N3S/c1-2-10-18-13-8-5-9-14(20-13)19-11-6-3-4-7-12(11)21-15(16)17/h3-9,15H,2,10H2,1H3,(H2,18,19,20). The normalized spacial score (nSPS) is 10.7. The second-order valence-electron chi connectivity index (χ2n) is 4.33. The van der Waals surface area contributed by atoms with Crippen LogP contribution in [0, 0.1) is 0 Å². The zero-order valence-electron chi connectivity index (χ0n) is 11.6. The van der Waals surface area contributed by atoms with Crippen LogP contribution < -0.4 is 10.6 Å². The molecule has 0 aliphatic carbocycles. The van der Waals surface area contributed by atoms with Crippen LogP contribution in [0.5, 0.6) is 0 Å². The Kier molecular flexibility index (Phi) is 5.80. The van der Waals surface area contributed by atoms with Crippen molar-refractivity contribution in [2.45, 2.75) is 24.0 Å². The molecule has 21 heavy (non-hydrogen) atoms. The molecule has 1 heterocycles. The molecular formula is C15H17F2N3S. The highest BCUT2D eigenvalue weighted by Gasteiger charge is 2.10. The van der Waals surface area contributed by atoms with Crippen molar-refractivity contribution in [3.8, 4) is 0 Å². The van der Waals surface area contributed by atoms with Gasteiger partial charge < -0.3 is 10.6 Å². The number of halogens is 2. The van der Waals surface area contributed by atoms with E-state index in [-0.39, 0.29) is 0 Å². The highest BCUT2D eigenvalue weighted by atomic mass is 32.2. The van der Waals surface area contributed by atoms with Crippen LogP contribution in [-0.2, 0) is 0 Å². The minimum Gasteiger partial charge on any atom is -0.370 e. The van der Waals surface area contributed by atoms with Crippen LogP contribution in [0.1, 0.15) is 13.3 Å². The van der Waals surface area contributed by atoms with Gasteiger partial charge in [-0.3, -0.25) is 0 Å². The first-order chi connectivity index (χ1) is 10.2. The Morgan fingerprint density at radius 3 is 2.62 bits per heavy atom. The molecule has 112 valence electrons. The molecule has 0 unspecified atom stereocenters. The number of hydrogen-bond donors (Lipinski definition) is 2. The topological polar surface area (TPSA) is 37.0 Å². The highest BCUT2D eigenvalue weighted by Crippen LogP contribution is 2.33. The third-order valence-corrected chi connectivity index (χ3v) is 3.46. The number of para-hydroxylation sites is 1. The van der Waals surface area contributed by atoms with Crippen LogP contribution in [0.15, 0.2) is 47.4 Å². The maximum Gasteiger partial charge on any atom is 0.288 e. The van der Waals surface area contributed by atoms with Gasteiger partial charge in [-0.1, -0.05) is 36.9 Å². The van der Waals surface area contributed by atoms with Crippen molar-refractivity contribution in [1.29, 1.82) is 0 Å². The third kappa shape index (κ3) is 4.90. The molecular weight excluding hydrogens is 292 g/mol. The Labute approximate surface area is 127 Å². The predicted molar refractivity (Wildman–Crippen MR) is 84.6 cm³/mol. The van der Waals surface area contributed by atoms with Crippen LogP contribution in [0.25, 0.3) is 0 Å². The largest absolute Gasteiger partial charge is 0.370 e. The lowest BCUT2D eigenvalue weighted by Crippen LogP contribution is -2.03. The number of rotatable bonds is 7. The van der Waals surface area contributed by atoms with Crippen molar-refractivity contribution < 1.29 is 8.78 Å². The molecule has 0 spiro atoms. The maximum atomic E-state index is 12.6. The monoisotopic (exact) mass is 309 g/mol. The quantitative estimate of drug-likeness (QED) is 0.709. The fourth-order valence-corrected chi connectivity index (χ4v) is 2.36. The number of benzene rings is 1. The summed E-state index contributed by atoms with van der Waals surface area (Å²) in [6, 6.07) is 12.5. The number of alkyl halides is 2. The molecule has 6 heteroatoms. The van der Waals surface area contributed by atoms with E-state index in [0.717, 1.165) is 18.8 Å². The van der Waals surface area contributed by atoms with Gasteiger partial charge in [0.05, 0.1) is 5.69 Å². The molecule has 0 bridgehead atoms. The number of nitrogens with one attached hydrogen (secondary N) is 2. The summed E-state index contributed by atoms with van der Waals surface area (Å²) in [6.07, 6.45) is 1.01. The van der Waals surface area contributed by atoms with Crippen molar-refractivity contribution in [3.63, 3.8) is 0 Å². The molecule has 1 aromatic heterocycles. The van der Waals surface area contributed by atoms with Gasteiger partial charge in [0.25, 0.3) is 5.76 Å². The molecule has 0 amide bonds. The first kappa shape index (κ1) is 15.6. The van der Waals surface area contributed by atoms with Gasteiger partial charge in [-0.25, -0.2) is 4.98 Å². The summed E-state index contributed by atoms with van der Waals surface area (Å²) in [6.45, 7) is 2.92. The second kappa shape index (κ2) is 7.83. The molecule has 2 aromatic rings. The average molecular weight is 309 g/mol. The van der Waals surface area contributed by atoms with Gasteiger partial charge in [0.15, 0.2) is 0 Å². The fourth-order valence-electron chi connectivity index (χ4n) is 1.76. The van der Waals surface area contributed by atoms with E-state index in [9.17, 15) is 8.78 Å². The molecule has 0 aliphatic heterocycles. The number of hydrogen-bond acceptors (Lipinski definition) is 4. The summed E-state index contributed by atoms with van der Waals surface area (Å²) in [7, 11) is 0. The van der Waals surface area contributed by atoms with E-state index >= 15 is 0 Å². The molecule has 0 aliphatic rings. The van der Waals surface area contributed by atoms with E-state index in [1.165, 1.54) is 0 Å². The van der Waals surface area contributed by atoms with Gasteiger partial charge in [0, 0.05) is 11.4 Å². The number of anilines is 3. The van der Waals surface area contributed by atoms with E-state index in [4.69, 9.17) is 0 Å². The minimum absolute atomic E-state index is 0.501. The van der Waals surface area contributed by atoms with Crippen molar-refractivity contribution >= 4 is 29.1 Å². The maximum absolute atomic E-state index is 12.6. The van der Waals surface area contributed by atoms with Crippen molar-refractivity contribution in [2.75, 3.05) is 17.2 Å². The van der Waals surface area contributed by atoms with E-state index in [2.05, 4.69) is 22.5 Å². The lowest BCUT2D eigenvalue weighted by molar-refractivity contribution is 0.252. The molecule has 3 nitrogen and oxygen atoms in total. The summed E-state index contributed by atoms with van der Waals surface area (Å²) < 4.78 is 25.1.